The van der Waals surface area contributed by atoms with Crippen LogP contribution < -0.4 is 9.47 Å². The molecule has 4 aromatic rings. The van der Waals surface area contributed by atoms with E-state index in [1.165, 1.54) is 11.1 Å². The smallest absolute Gasteiger partial charge is 0.231 e. The zero-order valence-electron chi connectivity index (χ0n) is 18.9. The van der Waals surface area contributed by atoms with Gasteiger partial charge in [-0.1, -0.05) is 41.6 Å². The maximum absolute atomic E-state index is 10.6. The number of benzene rings is 3. The van der Waals surface area contributed by atoms with Crippen LogP contribution in [0.4, 0.5) is 0 Å². The van der Waals surface area contributed by atoms with E-state index in [4.69, 9.17) is 14.0 Å². The van der Waals surface area contributed by atoms with Gasteiger partial charge in [-0.2, -0.15) is 0 Å². The number of phenols is 1. The average Bonchev–Trinajstić information content (AvgIpc) is 3.49. The second-order valence-electron chi connectivity index (χ2n) is 8.97. The zero-order valence-corrected chi connectivity index (χ0v) is 18.9. The largest absolute Gasteiger partial charge is 0.507 e. The van der Waals surface area contributed by atoms with Crippen LogP contribution in [0, 0.1) is 0 Å². The Morgan fingerprint density at radius 3 is 2.38 bits per heavy atom. The summed E-state index contributed by atoms with van der Waals surface area (Å²) in [6.07, 6.45) is 0.705. The summed E-state index contributed by atoms with van der Waals surface area (Å²) in [5.74, 6) is 1.91. The van der Waals surface area contributed by atoms with Crippen LogP contribution >= 0.6 is 0 Å². The molecule has 3 aromatic carbocycles. The number of rotatable bonds is 6. The quantitative estimate of drug-likeness (QED) is 0.466. The van der Waals surface area contributed by atoms with Gasteiger partial charge in [-0.05, 0) is 35.4 Å². The van der Waals surface area contributed by atoms with Crippen LogP contribution in [0.3, 0.4) is 0 Å². The van der Waals surface area contributed by atoms with Crippen molar-refractivity contribution in [2.75, 3.05) is 33.0 Å². The highest BCUT2D eigenvalue weighted by Crippen LogP contribution is 2.34. The first kappa shape index (κ1) is 21.0. The summed E-state index contributed by atoms with van der Waals surface area (Å²) in [6, 6.07) is 20.1. The van der Waals surface area contributed by atoms with Crippen LogP contribution in [0.25, 0.3) is 11.0 Å². The standard InChI is InChI=1S/C27H27N3O4/c31-24-8-7-21-23(14-19-4-2-1-3-5-19)28-34-27(21)22(24)17-30-12-10-29(11-13-30)16-20-6-9-25-26(15-20)33-18-32-25/h1-9,15,31H,10-14,16-18H2. The molecule has 0 unspecified atom stereocenters. The van der Waals surface area contributed by atoms with Crippen molar-refractivity contribution in [1.82, 2.24) is 15.0 Å². The maximum atomic E-state index is 10.6. The van der Waals surface area contributed by atoms with Gasteiger partial charge in [0.15, 0.2) is 17.1 Å². The Kier molecular flexibility index (Phi) is 5.57. The van der Waals surface area contributed by atoms with E-state index in [9.17, 15) is 5.11 Å². The van der Waals surface area contributed by atoms with E-state index in [-0.39, 0.29) is 5.75 Å². The Bertz CT molecular complexity index is 1300. The number of hydrogen-bond donors (Lipinski definition) is 1. The zero-order chi connectivity index (χ0) is 22.9. The molecule has 34 heavy (non-hydrogen) atoms. The molecule has 0 amide bonds. The highest BCUT2D eigenvalue weighted by Gasteiger charge is 2.22. The van der Waals surface area contributed by atoms with Crippen molar-refractivity contribution < 1.29 is 19.1 Å². The summed E-state index contributed by atoms with van der Waals surface area (Å²) in [4.78, 5) is 4.81. The van der Waals surface area contributed by atoms with Crippen molar-refractivity contribution in [3.8, 4) is 17.2 Å². The molecule has 2 aliphatic heterocycles. The average molecular weight is 458 g/mol. The molecular weight excluding hydrogens is 430 g/mol. The Balaban J connectivity index is 1.12. The van der Waals surface area contributed by atoms with Gasteiger partial charge in [0, 0.05) is 51.1 Å². The summed E-state index contributed by atoms with van der Waals surface area (Å²) in [5.41, 5.74) is 4.82. The topological polar surface area (TPSA) is 71.2 Å². The highest BCUT2D eigenvalue weighted by molar-refractivity contribution is 5.84. The van der Waals surface area contributed by atoms with E-state index in [0.29, 0.717) is 25.3 Å². The van der Waals surface area contributed by atoms with Gasteiger partial charge in [-0.3, -0.25) is 9.80 Å². The van der Waals surface area contributed by atoms with Gasteiger partial charge in [0.05, 0.1) is 11.3 Å². The molecule has 2 aliphatic rings. The first-order valence-corrected chi connectivity index (χ1v) is 11.7. The van der Waals surface area contributed by atoms with Crippen molar-refractivity contribution >= 4 is 11.0 Å². The molecule has 7 heteroatoms. The summed E-state index contributed by atoms with van der Waals surface area (Å²) < 4.78 is 16.7. The molecule has 0 spiro atoms. The van der Waals surface area contributed by atoms with Gasteiger partial charge in [-0.15, -0.1) is 0 Å². The van der Waals surface area contributed by atoms with Crippen LogP contribution in [-0.2, 0) is 19.5 Å². The monoisotopic (exact) mass is 457 g/mol. The molecule has 174 valence electrons. The van der Waals surface area contributed by atoms with Crippen molar-refractivity contribution in [2.45, 2.75) is 19.5 Å². The molecule has 6 rings (SSSR count). The fourth-order valence-corrected chi connectivity index (χ4v) is 4.79. The van der Waals surface area contributed by atoms with Crippen LogP contribution in [0.1, 0.15) is 22.4 Å². The second-order valence-corrected chi connectivity index (χ2v) is 8.97. The van der Waals surface area contributed by atoms with Crippen molar-refractivity contribution in [1.29, 1.82) is 0 Å². The normalized spacial score (nSPS) is 16.4. The first-order chi connectivity index (χ1) is 16.7. The number of ether oxygens (including phenoxy) is 2. The number of fused-ring (bicyclic) bond motifs is 2. The molecule has 0 bridgehead atoms. The van der Waals surface area contributed by atoms with Crippen LogP contribution in [-0.4, -0.2) is 53.0 Å². The number of nitrogens with zero attached hydrogens (tertiary/aromatic N) is 3. The Morgan fingerprint density at radius 1 is 0.794 bits per heavy atom. The molecule has 0 saturated carbocycles. The van der Waals surface area contributed by atoms with E-state index in [0.717, 1.165) is 60.9 Å². The van der Waals surface area contributed by atoms with Crippen LogP contribution in [0.5, 0.6) is 17.2 Å². The van der Waals surface area contributed by atoms with Crippen molar-refractivity contribution in [2.24, 2.45) is 0 Å². The Hall–Kier alpha value is -3.55. The molecule has 7 nitrogen and oxygen atoms in total. The van der Waals surface area contributed by atoms with Crippen molar-refractivity contribution in [3.05, 3.63) is 83.0 Å². The highest BCUT2D eigenvalue weighted by atomic mass is 16.7. The van der Waals surface area contributed by atoms with Gasteiger partial charge in [0.25, 0.3) is 0 Å². The minimum atomic E-state index is 0.262. The number of aromatic nitrogens is 1. The number of hydrogen-bond acceptors (Lipinski definition) is 7. The molecule has 1 fully saturated rings. The van der Waals surface area contributed by atoms with E-state index >= 15 is 0 Å². The minimum absolute atomic E-state index is 0.262. The fraction of sp³-hybridized carbons (Fsp3) is 0.296. The maximum Gasteiger partial charge on any atom is 0.231 e. The SMILES string of the molecule is Oc1ccc2c(Cc3ccccc3)noc2c1CN1CCN(Cc2ccc3c(c2)OCO3)CC1. The minimum Gasteiger partial charge on any atom is -0.507 e. The van der Waals surface area contributed by atoms with Gasteiger partial charge in [0.1, 0.15) is 5.75 Å². The molecule has 1 N–H and O–H groups in total. The summed E-state index contributed by atoms with van der Waals surface area (Å²) in [7, 11) is 0. The number of piperazine rings is 1. The number of aromatic hydroxyl groups is 1. The van der Waals surface area contributed by atoms with Crippen LogP contribution in [0.2, 0.25) is 0 Å². The molecule has 0 aliphatic carbocycles. The molecule has 1 saturated heterocycles. The molecule has 0 atom stereocenters. The van der Waals surface area contributed by atoms with Gasteiger partial charge in [0.2, 0.25) is 6.79 Å². The third kappa shape index (κ3) is 4.20. The predicted molar refractivity (Wildman–Crippen MR) is 128 cm³/mol. The lowest BCUT2D eigenvalue weighted by Crippen LogP contribution is -2.45. The van der Waals surface area contributed by atoms with Crippen molar-refractivity contribution in [3.63, 3.8) is 0 Å². The predicted octanol–water partition coefficient (Wildman–Crippen LogP) is 4.17. The molecular formula is C27H27N3O4. The first-order valence-electron chi connectivity index (χ1n) is 11.7. The Labute approximate surface area is 198 Å². The lowest BCUT2D eigenvalue weighted by molar-refractivity contribution is 0.121. The third-order valence-corrected chi connectivity index (χ3v) is 6.70. The van der Waals surface area contributed by atoms with E-state index in [1.54, 1.807) is 6.07 Å². The fourth-order valence-electron chi connectivity index (χ4n) is 4.79. The lowest BCUT2D eigenvalue weighted by Gasteiger charge is -2.34. The summed E-state index contributed by atoms with van der Waals surface area (Å²) >= 11 is 0. The molecule has 0 radical (unpaired) electrons. The summed E-state index contributed by atoms with van der Waals surface area (Å²) in [6.45, 7) is 5.59. The van der Waals surface area contributed by atoms with E-state index in [2.05, 4.69) is 39.2 Å². The number of phenolic OH excluding ortho intramolecular Hbond substituents is 1. The van der Waals surface area contributed by atoms with Crippen LogP contribution in [0.15, 0.2) is 65.2 Å². The van der Waals surface area contributed by atoms with Gasteiger partial charge < -0.3 is 19.1 Å². The molecule has 1 aromatic heterocycles. The Morgan fingerprint density at radius 2 is 1.56 bits per heavy atom. The third-order valence-electron chi connectivity index (χ3n) is 6.70. The lowest BCUT2D eigenvalue weighted by atomic mass is 10.0. The summed E-state index contributed by atoms with van der Waals surface area (Å²) in [5, 5.41) is 15.9. The van der Waals surface area contributed by atoms with Gasteiger partial charge in [-0.25, -0.2) is 0 Å². The van der Waals surface area contributed by atoms with E-state index < -0.39 is 0 Å². The van der Waals surface area contributed by atoms with Gasteiger partial charge >= 0.3 is 0 Å². The van der Waals surface area contributed by atoms with E-state index in [1.807, 2.05) is 30.3 Å². The second kappa shape index (κ2) is 9.00. The molecule has 3 heterocycles.